The van der Waals surface area contributed by atoms with E-state index in [2.05, 4.69) is 15.1 Å². The number of aryl methyl sites for hydroxylation is 1. The van der Waals surface area contributed by atoms with Gasteiger partial charge in [0.1, 0.15) is 5.82 Å². The number of amides is 1. The molecule has 22 heavy (non-hydrogen) atoms. The molecule has 2 aromatic heterocycles. The van der Waals surface area contributed by atoms with E-state index in [-0.39, 0.29) is 24.1 Å². The van der Waals surface area contributed by atoms with E-state index >= 15 is 0 Å². The van der Waals surface area contributed by atoms with Crippen molar-refractivity contribution in [1.82, 2.24) is 24.5 Å². The Morgan fingerprint density at radius 3 is 2.82 bits per heavy atom. The van der Waals surface area contributed by atoms with Crippen LogP contribution in [0.4, 0.5) is 4.39 Å². The topological polar surface area (TPSA) is 63.4 Å². The van der Waals surface area contributed by atoms with E-state index in [1.165, 1.54) is 15.5 Å². The maximum Gasteiger partial charge on any atom is 0.293 e. The summed E-state index contributed by atoms with van der Waals surface area (Å²) >= 11 is 0. The van der Waals surface area contributed by atoms with Crippen LogP contribution in [0.1, 0.15) is 21.9 Å². The van der Waals surface area contributed by atoms with E-state index in [9.17, 15) is 9.18 Å². The van der Waals surface area contributed by atoms with Gasteiger partial charge in [-0.1, -0.05) is 18.2 Å². The van der Waals surface area contributed by atoms with E-state index in [1.54, 1.807) is 37.5 Å². The number of hydrogen-bond acceptors (Lipinski definition) is 4. The molecule has 3 rings (SSSR count). The maximum atomic E-state index is 13.7. The molecule has 0 aliphatic rings. The second-order valence-electron chi connectivity index (χ2n) is 4.99. The summed E-state index contributed by atoms with van der Waals surface area (Å²) in [5, 5.41) is 4.16. The van der Waals surface area contributed by atoms with Crippen LogP contribution in [0.3, 0.4) is 0 Å². The number of carbonyl (C=O) groups is 1. The monoisotopic (exact) mass is 299 g/mol. The van der Waals surface area contributed by atoms with E-state index < -0.39 is 0 Å². The number of benzene rings is 1. The molecule has 2 heterocycles. The van der Waals surface area contributed by atoms with Crippen molar-refractivity contribution in [2.75, 3.05) is 7.05 Å². The summed E-state index contributed by atoms with van der Waals surface area (Å²) < 4.78 is 15.2. The van der Waals surface area contributed by atoms with Crippen LogP contribution >= 0.6 is 0 Å². The zero-order valence-electron chi connectivity index (χ0n) is 12.2. The van der Waals surface area contributed by atoms with Gasteiger partial charge in [-0.05, 0) is 19.1 Å². The van der Waals surface area contributed by atoms with Crippen LogP contribution in [-0.2, 0) is 6.54 Å². The quantitative estimate of drug-likeness (QED) is 0.740. The molecule has 0 atom stereocenters. The highest BCUT2D eigenvalue weighted by Gasteiger charge is 2.19. The first kappa shape index (κ1) is 14.1. The summed E-state index contributed by atoms with van der Waals surface area (Å²) in [5.41, 5.74) is 1.27. The highest BCUT2D eigenvalue weighted by molar-refractivity contribution is 5.90. The molecule has 0 aliphatic heterocycles. The summed E-state index contributed by atoms with van der Waals surface area (Å²) in [7, 11) is 1.58. The predicted molar refractivity (Wildman–Crippen MR) is 77.7 cm³/mol. The van der Waals surface area contributed by atoms with E-state index in [0.29, 0.717) is 11.3 Å². The van der Waals surface area contributed by atoms with Gasteiger partial charge in [0.25, 0.3) is 11.7 Å². The molecule has 3 aromatic rings. The highest BCUT2D eigenvalue weighted by Crippen LogP contribution is 2.11. The SMILES string of the molecule is Cc1ccnc2nc(C(=O)N(C)Cc3ccccc3F)nn12. The zero-order valence-corrected chi connectivity index (χ0v) is 12.2. The molecule has 0 radical (unpaired) electrons. The van der Waals surface area contributed by atoms with Gasteiger partial charge in [-0.2, -0.15) is 4.98 Å². The van der Waals surface area contributed by atoms with E-state index in [0.717, 1.165) is 5.69 Å². The molecule has 0 aliphatic carbocycles. The number of carbonyl (C=O) groups excluding carboxylic acids is 1. The Labute approximate surface area is 126 Å². The number of hydrogen-bond donors (Lipinski definition) is 0. The van der Waals surface area contributed by atoms with Crippen LogP contribution in [0.5, 0.6) is 0 Å². The minimum Gasteiger partial charge on any atom is -0.334 e. The van der Waals surface area contributed by atoms with Crippen molar-refractivity contribution < 1.29 is 9.18 Å². The molecule has 7 heteroatoms. The molecule has 0 N–H and O–H groups in total. The van der Waals surface area contributed by atoms with Gasteiger partial charge >= 0.3 is 0 Å². The van der Waals surface area contributed by atoms with Crippen LogP contribution in [0.15, 0.2) is 36.5 Å². The van der Waals surface area contributed by atoms with Crippen molar-refractivity contribution in [1.29, 1.82) is 0 Å². The van der Waals surface area contributed by atoms with Crippen molar-refractivity contribution >= 4 is 11.7 Å². The van der Waals surface area contributed by atoms with Crippen LogP contribution in [0.25, 0.3) is 5.78 Å². The van der Waals surface area contributed by atoms with Crippen molar-refractivity contribution in [3.63, 3.8) is 0 Å². The molecule has 112 valence electrons. The van der Waals surface area contributed by atoms with Crippen molar-refractivity contribution in [3.05, 3.63) is 59.4 Å². The van der Waals surface area contributed by atoms with Gasteiger partial charge in [0, 0.05) is 31.0 Å². The Hall–Kier alpha value is -2.83. The Morgan fingerprint density at radius 1 is 1.32 bits per heavy atom. The van der Waals surface area contributed by atoms with Gasteiger partial charge in [0.2, 0.25) is 5.82 Å². The Kier molecular flexibility index (Phi) is 3.54. The molecule has 0 saturated carbocycles. The smallest absolute Gasteiger partial charge is 0.293 e. The number of fused-ring (bicyclic) bond motifs is 1. The van der Waals surface area contributed by atoms with Gasteiger partial charge in [-0.15, -0.1) is 5.10 Å². The molecular weight excluding hydrogens is 285 g/mol. The molecule has 0 bridgehead atoms. The maximum absolute atomic E-state index is 13.7. The summed E-state index contributed by atoms with van der Waals surface area (Å²) in [4.78, 5) is 21.9. The molecule has 1 aromatic carbocycles. The minimum atomic E-state index is -0.381. The third-order valence-electron chi connectivity index (χ3n) is 3.33. The highest BCUT2D eigenvalue weighted by atomic mass is 19.1. The van der Waals surface area contributed by atoms with E-state index in [4.69, 9.17) is 0 Å². The van der Waals surface area contributed by atoms with Crippen molar-refractivity contribution in [3.8, 4) is 0 Å². The van der Waals surface area contributed by atoms with Crippen LogP contribution in [0, 0.1) is 12.7 Å². The predicted octanol–water partition coefficient (Wildman–Crippen LogP) is 1.84. The molecule has 6 nitrogen and oxygen atoms in total. The summed E-state index contributed by atoms with van der Waals surface area (Å²) in [5.74, 6) is -0.320. The average molecular weight is 299 g/mol. The lowest BCUT2D eigenvalue weighted by atomic mass is 10.2. The third-order valence-corrected chi connectivity index (χ3v) is 3.33. The Morgan fingerprint density at radius 2 is 2.09 bits per heavy atom. The average Bonchev–Trinajstić information content (AvgIpc) is 2.94. The van der Waals surface area contributed by atoms with Gasteiger partial charge in [0.15, 0.2) is 0 Å². The third kappa shape index (κ3) is 2.52. The Bertz CT molecular complexity index is 845. The van der Waals surface area contributed by atoms with Crippen LogP contribution in [-0.4, -0.2) is 37.4 Å². The van der Waals surface area contributed by atoms with Crippen molar-refractivity contribution in [2.24, 2.45) is 0 Å². The number of rotatable bonds is 3. The largest absolute Gasteiger partial charge is 0.334 e. The lowest BCUT2D eigenvalue weighted by Gasteiger charge is -2.15. The zero-order chi connectivity index (χ0) is 15.7. The van der Waals surface area contributed by atoms with Gasteiger partial charge in [0.05, 0.1) is 0 Å². The Balaban J connectivity index is 1.86. The lowest BCUT2D eigenvalue weighted by Crippen LogP contribution is -2.27. The minimum absolute atomic E-state index is 0.0423. The standard InChI is InChI=1S/C15H14FN5O/c1-10-7-8-17-15-18-13(19-21(10)15)14(22)20(2)9-11-5-3-4-6-12(11)16/h3-8H,9H2,1-2H3. The first-order valence-corrected chi connectivity index (χ1v) is 6.73. The summed E-state index contributed by atoms with van der Waals surface area (Å²) in [6, 6.07) is 8.12. The van der Waals surface area contributed by atoms with Crippen LogP contribution < -0.4 is 0 Å². The van der Waals surface area contributed by atoms with Crippen molar-refractivity contribution in [2.45, 2.75) is 13.5 Å². The molecule has 0 fully saturated rings. The molecule has 0 unspecified atom stereocenters. The molecule has 1 amide bonds. The first-order valence-electron chi connectivity index (χ1n) is 6.73. The number of aromatic nitrogens is 4. The van der Waals surface area contributed by atoms with Gasteiger partial charge in [-0.3, -0.25) is 4.79 Å². The number of halogens is 1. The fraction of sp³-hybridized carbons (Fsp3) is 0.200. The van der Waals surface area contributed by atoms with Crippen LogP contribution in [0.2, 0.25) is 0 Å². The van der Waals surface area contributed by atoms with Gasteiger partial charge in [-0.25, -0.2) is 13.9 Å². The summed E-state index contributed by atoms with van der Waals surface area (Å²) in [6.45, 7) is 1.99. The lowest BCUT2D eigenvalue weighted by molar-refractivity contribution is 0.0772. The second-order valence-corrected chi connectivity index (χ2v) is 4.99. The first-order chi connectivity index (χ1) is 10.6. The van der Waals surface area contributed by atoms with Gasteiger partial charge < -0.3 is 4.90 Å². The number of nitrogens with zero attached hydrogens (tertiary/aromatic N) is 5. The fourth-order valence-electron chi connectivity index (χ4n) is 2.12. The molecular formula is C15H14FN5O. The normalized spacial score (nSPS) is 10.9. The fourth-order valence-corrected chi connectivity index (χ4v) is 2.12. The summed E-state index contributed by atoms with van der Waals surface area (Å²) in [6.07, 6.45) is 1.61. The molecule has 0 spiro atoms. The second kappa shape index (κ2) is 5.51. The van der Waals surface area contributed by atoms with E-state index in [1.807, 2.05) is 6.92 Å². The molecule has 0 saturated heterocycles.